The van der Waals surface area contributed by atoms with Gasteiger partial charge in [0.25, 0.3) is 5.91 Å². The van der Waals surface area contributed by atoms with Gasteiger partial charge in [0.1, 0.15) is 6.04 Å². The Balaban J connectivity index is 2.58. The quantitative estimate of drug-likeness (QED) is 0.738. The molecule has 1 atom stereocenters. The Hall–Kier alpha value is -2.37. The molecule has 114 valence electrons. The molecular formula is C15H21N3O3. The van der Waals surface area contributed by atoms with Crippen LogP contribution in [0.2, 0.25) is 0 Å². The molecule has 0 aromatic heterocycles. The van der Waals surface area contributed by atoms with Crippen molar-refractivity contribution in [2.75, 3.05) is 11.9 Å². The van der Waals surface area contributed by atoms with Gasteiger partial charge in [-0.05, 0) is 37.6 Å². The molecule has 3 amide bonds. The van der Waals surface area contributed by atoms with E-state index in [1.165, 1.54) is 6.92 Å². The predicted octanol–water partition coefficient (Wildman–Crippen LogP) is 1.29. The first-order valence-electron chi connectivity index (χ1n) is 6.90. The lowest BCUT2D eigenvalue weighted by Crippen LogP contribution is -2.44. The summed E-state index contributed by atoms with van der Waals surface area (Å²) in [6.45, 7) is 5.59. The fraction of sp³-hybridized carbons (Fsp3) is 0.400. The van der Waals surface area contributed by atoms with E-state index in [2.05, 4.69) is 16.0 Å². The molecule has 0 saturated carbocycles. The zero-order chi connectivity index (χ0) is 15.8. The van der Waals surface area contributed by atoms with Crippen molar-refractivity contribution in [3.63, 3.8) is 0 Å². The summed E-state index contributed by atoms with van der Waals surface area (Å²) in [6, 6.07) is 5.87. The third-order valence-corrected chi connectivity index (χ3v) is 2.76. The maximum Gasteiger partial charge on any atom is 0.251 e. The molecular weight excluding hydrogens is 270 g/mol. The lowest BCUT2D eigenvalue weighted by molar-refractivity contribution is -0.122. The highest BCUT2D eigenvalue weighted by molar-refractivity contribution is 5.98. The molecule has 6 heteroatoms. The van der Waals surface area contributed by atoms with Crippen LogP contribution in [0.4, 0.5) is 5.69 Å². The summed E-state index contributed by atoms with van der Waals surface area (Å²) in [6.07, 6.45) is 0.844. The lowest BCUT2D eigenvalue weighted by atomic mass is 10.1. The molecule has 0 saturated heterocycles. The third kappa shape index (κ3) is 5.64. The zero-order valence-corrected chi connectivity index (χ0v) is 12.5. The van der Waals surface area contributed by atoms with Crippen molar-refractivity contribution < 1.29 is 14.4 Å². The molecule has 0 spiro atoms. The molecule has 0 heterocycles. The van der Waals surface area contributed by atoms with Gasteiger partial charge in [0.15, 0.2) is 0 Å². The van der Waals surface area contributed by atoms with Gasteiger partial charge in [-0.15, -0.1) is 0 Å². The predicted molar refractivity (Wildman–Crippen MR) is 81.0 cm³/mol. The number of anilines is 1. The number of rotatable bonds is 6. The molecule has 0 aliphatic rings. The smallest absolute Gasteiger partial charge is 0.251 e. The summed E-state index contributed by atoms with van der Waals surface area (Å²) in [5.41, 5.74) is 1.05. The van der Waals surface area contributed by atoms with Gasteiger partial charge in [-0.3, -0.25) is 14.4 Å². The SMILES string of the molecule is CCCNC(=O)C(C)NC(=O)c1ccc(NC(C)=O)cc1. The van der Waals surface area contributed by atoms with E-state index in [1.54, 1.807) is 31.2 Å². The second kappa shape index (κ2) is 8.04. The molecule has 0 radical (unpaired) electrons. The molecule has 1 unspecified atom stereocenters. The fourth-order valence-electron chi connectivity index (χ4n) is 1.66. The highest BCUT2D eigenvalue weighted by Crippen LogP contribution is 2.09. The average Bonchev–Trinajstić information content (AvgIpc) is 2.44. The third-order valence-electron chi connectivity index (χ3n) is 2.76. The summed E-state index contributed by atoms with van der Waals surface area (Å²) in [5.74, 6) is -0.711. The van der Waals surface area contributed by atoms with Crippen LogP contribution < -0.4 is 16.0 Å². The molecule has 0 aliphatic carbocycles. The van der Waals surface area contributed by atoms with Crippen molar-refractivity contribution in [1.82, 2.24) is 10.6 Å². The Bertz CT molecular complexity index is 511. The molecule has 6 nitrogen and oxygen atoms in total. The van der Waals surface area contributed by atoms with Gasteiger partial charge in [0, 0.05) is 24.7 Å². The van der Waals surface area contributed by atoms with E-state index in [4.69, 9.17) is 0 Å². The Kier molecular flexibility index (Phi) is 6.39. The lowest BCUT2D eigenvalue weighted by Gasteiger charge is -2.14. The van der Waals surface area contributed by atoms with E-state index in [-0.39, 0.29) is 17.7 Å². The van der Waals surface area contributed by atoms with Crippen LogP contribution in [0.15, 0.2) is 24.3 Å². The van der Waals surface area contributed by atoms with E-state index < -0.39 is 6.04 Å². The van der Waals surface area contributed by atoms with Crippen molar-refractivity contribution in [2.24, 2.45) is 0 Å². The van der Waals surface area contributed by atoms with Gasteiger partial charge in [0.05, 0.1) is 0 Å². The van der Waals surface area contributed by atoms with Crippen LogP contribution >= 0.6 is 0 Å². The minimum Gasteiger partial charge on any atom is -0.354 e. The summed E-state index contributed by atoms with van der Waals surface area (Å²) < 4.78 is 0. The Morgan fingerprint density at radius 2 is 1.76 bits per heavy atom. The maximum absolute atomic E-state index is 12.0. The number of carbonyl (C=O) groups excluding carboxylic acids is 3. The second-order valence-corrected chi connectivity index (χ2v) is 4.74. The molecule has 0 bridgehead atoms. The van der Waals surface area contributed by atoms with Crippen LogP contribution in [0.25, 0.3) is 0 Å². The summed E-state index contributed by atoms with van der Waals surface area (Å²) in [5, 5.41) is 7.96. The number of benzene rings is 1. The average molecular weight is 291 g/mol. The Morgan fingerprint density at radius 1 is 1.14 bits per heavy atom. The van der Waals surface area contributed by atoms with Crippen molar-refractivity contribution in [3.8, 4) is 0 Å². The monoisotopic (exact) mass is 291 g/mol. The van der Waals surface area contributed by atoms with Crippen LogP contribution in [0, 0.1) is 0 Å². The summed E-state index contributed by atoms with van der Waals surface area (Å²) in [4.78, 5) is 34.6. The van der Waals surface area contributed by atoms with E-state index in [9.17, 15) is 14.4 Å². The topological polar surface area (TPSA) is 87.3 Å². The molecule has 0 aliphatic heterocycles. The zero-order valence-electron chi connectivity index (χ0n) is 12.5. The first-order valence-corrected chi connectivity index (χ1v) is 6.90. The Labute approximate surface area is 124 Å². The van der Waals surface area contributed by atoms with E-state index in [0.717, 1.165) is 6.42 Å². The van der Waals surface area contributed by atoms with Crippen LogP contribution in [0.5, 0.6) is 0 Å². The van der Waals surface area contributed by atoms with E-state index in [0.29, 0.717) is 17.8 Å². The van der Waals surface area contributed by atoms with Crippen molar-refractivity contribution in [3.05, 3.63) is 29.8 Å². The van der Waals surface area contributed by atoms with Crippen LogP contribution in [0.1, 0.15) is 37.6 Å². The van der Waals surface area contributed by atoms with Gasteiger partial charge >= 0.3 is 0 Å². The molecule has 21 heavy (non-hydrogen) atoms. The van der Waals surface area contributed by atoms with Gasteiger partial charge in [0.2, 0.25) is 11.8 Å². The van der Waals surface area contributed by atoms with Gasteiger partial charge in [-0.25, -0.2) is 0 Å². The molecule has 1 aromatic rings. The van der Waals surface area contributed by atoms with Gasteiger partial charge < -0.3 is 16.0 Å². The van der Waals surface area contributed by atoms with Crippen LogP contribution in [-0.2, 0) is 9.59 Å². The largest absolute Gasteiger partial charge is 0.354 e. The molecule has 1 aromatic carbocycles. The van der Waals surface area contributed by atoms with Gasteiger partial charge in [-0.2, -0.15) is 0 Å². The van der Waals surface area contributed by atoms with E-state index in [1.807, 2.05) is 6.92 Å². The minimum absolute atomic E-state index is 0.173. The first kappa shape index (κ1) is 16.7. The van der Waals surface area contributed by atoms with Gasteiger partial charge in [-0.1, -0.05) is 6.92 Å². The summed E-state index contributed by atoms with van der Waals surface area (Å²) >= 11 is 0. The standard InChI is InChI=1S/C15H21N3O3/c1-4-9-16-14(20)10(2)17-15(21)12-5-7-13(8-6-12)18-11(3)19/h5-8,10H,4,9H2,1-3H3,(H,16,20)(H,17,21)(H,18,19). The number of amides is 3. The van der Waals surface area contributed by atoms with Crippen LogP contribution in [0.3, 0.4) is 0 Å². The molecule has 3 N–H and O–H groups in total. The first-order chi connectivity index (χ1) is 9.93. The fourth-order valence-corrected chi connectivity index (χ4v) is 1.66. The van der Waals surface area contributed by atoms with Crippen molar-refractivity contribution in [2.45, 2.75) is 33.2 Å². The number of nitrogens with one attached hydrogen (secondary N) is 3. The molecule has 0 fully saturated rings. The highest BCUT2D eigenvalue weighted by atomic mass is 16.2. The minimum atomic E-state index is -0.598. The second-order valence-electron chi connectivity index (χ2n) is 4.74. The number of hydrogen-bond acceptors (Lipinski definition) is 3. The van der Waals surface area contributed by atoms with Crippen LogP contribution in [-0.4, -0.2) is 30.3 Å². The van der Waals surface area contributed by atoms with Crippen molar-refractivity contribution in [1.29, 1.82) is 0 Å². The number of carbonyl (C=O) groups is 3. The maximum atomic E-state index is 12.0. The van der Waals surface area contributed by atoms with E-state index >= 15 is 0 Å². The number of hydrogen-bond donors (Lipinski definition) is 3. The molecule has 1 rings (SSSR count). The highest BCUT2D eigenvalue weighted by Gasteiger charge is 2.15. The van der Waals surface area contributed by atoms with Crippen molar-refractivity contribution >= 4 is 23.4 Å². The normalized spacial score (nSPS) is 11.4. The Morgan fingerprint density at radius 3 is 2.29 bits per heavy atom. The summed E-state index contributed by atoms with van der Waals surface area (Å²) in [7, 11) is 0.